The van der Waals surface area contributed by atoms with Gasteiger partial charge in [-0.15, -0.1) is 0 Å². The third-order valence-electron chi connectivity index (χ3n) is 3.48. The second kappa shape index (κ2) is 5.33. The smallest absolute Gasteiger partial charge is 0.276 e. The fourth-order valence-electron chi connectivity index (χ4n) is 2.55. The van der Waals surface area contributed by atoms with E-state index in [-0.39, 0.29) is 0 Å². The number of hydrogen-bond donors (Lipinski definition) is 1. The first-order valence-corrected chi connectivity index (χ1v) is 6.24. The van der Waals surface area contributed by atoms with Gasteiger partial charge in [0.05, 0.1) is 0 Å². The predicted molar refractivity (Wildman–Crippen MR) is 67.7 cm³/mol. The summed E-state index contributed by atoms with van der Waals surface area (Å²) in [6, 6.07) is -0.650. The number of amides is 4. The van der Waals surface area contributed by atoms with E-state index in [9.17, 15) is 14.4 Å². The summed E-state index contributed by atoms with van der Waals surface area (Å²) in [6.45, 7) is 5.64. The lowest BCUT2D eigenvalue weighted by atomic mass is 9.72. The van der Waals surface area contributed by atoms with Crippen LogP contribution in [0.2, 0.25) is 0 Å². The van der Waals surface area contributed by atoms with Crippen molar-refractivity contribution in [3.8, 4) is 0 Å². The highest BCUT2D eigenvalue weighted by Gasteiger charge is 2.53. The molecule has 0 spiro atoms. The third-order valence-corrected chi connectivity index (χ3v) is 3.48. The molecule has 0 unspecified atom stereocenters. The maximum Gasteiger partial charge on any atom is 0.330 e. The molecule has 1 aliphatic heterocycles. The van der Waals surface area contributed by atoms with Crippen LogP contribution in [0, 0.1) is 5.41 Å². The van der Waals surface area contributed by atoms with Gasteiger partial charge in [-0.05, 0) is 25.3 Å². The zero-order valence-corrected chi connectivity index (χ0v) is 11.4. The summed E-state index contributed by atoms with van der Waals surface area (Å²) in [5, 5.41) is 2.27. The van der Waals surface area contributed by atoms with Crippen molar-refractivity contribution in [2.75, 3.05) is 7.05 Å². The molecule has 0 radical (unpaired) electrons. The van der Waals surface area contributed by atoms with Crippen molar-refractivity contribution in [1.29, 1.82) is 0 Å². The Bertz CT molecular complexity index is 414. The highest BCUT2D eigenvalue weighted by atomic mass is 16.2. The van der Waals surface area contributed by atoms with Crippen molar-refractivity contribution >= 4 is 17.8 Å². The third kappa shape index (κ3) is 1.94. The number of rotatable bonds is 4. The number of nitrogens with zero attached hydrogens (tertiary/aromatic N) is 1. The Balaban J connectivity index is 3.36. The molecule has 1 saturated heterocycles. The van der Waals surface area contributed by atoms with Crippen LogP contribution in [0.5, 0.6) is 0 Å². The first-order valence-electron chi connectivity index (χ1n) is 6.24. The van der Waals surface area contributed by atoms with Crippen LogP contribution in [0.15, 0.2) is 11.6 Å². The minimum absolute atomic E-state index is 0.419. The van der Waals surface area contributed by atoms with E-state index in [4.69, 9.17) is 0 Å². The van der Waals surface area contributed by atoms with Crippen LogP contribution in [0.1, 0.15) is 40.0 Å². The standard InChI is InChI=1S/C13H20N2O3/c1-5-8-13(9(6-2)7-3)10(16)14-12(18)15(4)11(13)17/h6H,5,7-8H2,1-4H3,(H,14,16,18)/b9-6-/t13-/m0/s1. The van der Waals surface area contributed by atoms with Crippen LogP contribution in [0.25, 0.3) is 0 Å². The Kier molecular flexibility index (Phi) is 4.27. The minimum atomic E-state index is -1.21. The normalized spacial score (nSPS) is 25.4. The average Bonchev–Trinajstić information content (AvgIpc) is 2.35. The number of urea groups is 1. The van der Waals surface area contributed by atoms with Crippen molar-refractivity contribution < 1.29 is 14.4 Å². The number of carbonyl (C=O) groups is 3. The molecule has 100 valence electrons. The fourth-order valence-corrected chi connectivity index (χ4v) is 2.55. The van der Waals surface area contributed by atoms with Gasteiger partial charge < -0.3 is 0 Å². The van der Waals surface area contributed by atoms with Gasteiger partial charge in [-0.1, -0.05) is 26.3 Å². The summed E-state index contributed by atoms with van der Waals surface area (Å²) in [7, 11) is 1.40. The van der Waals surface area contributed by atoms with Gasteiger partial charge in [0.15, 0.2) is 0 Å². The number of barbiturate groups is 1. The Morgan fingerprint density at radius 2 is 1.94 bits per heavy atom. The van der Waals surface area contributed by atoms with E-state index in [1.54, 1.807) is 6.08 Å². The van der Waals surface area contributed by atoms with Crippen molar-refractivity contribution in [3.63, 3.8) is 0 Å². The molecule has 0 saturated carbocycles. The first-order chi connectivity index (χ1) is 8.45. The zero-order chi connectivity index (χ0) is 13.9. The molecule has 1 N–H and O–H groups in total. The van der Waals surface area contributed by atoms with E-state index in [0.717, 1.165) is 10.5 Å². The molecule has 5 nitrogen and oxygen atoms in total. The van der Waals surface area contributed by atoms with E-state index in [2.05, 4.69) is 5.32 Å². The summed E-state index contributed by atoms with van der Waals surface area (Å²) >= 11 is 0. The lowest BCUT2D eigenvalue weighted by Gasteiger charge is -2.39. The lowest BCUT2D eigenvalue weighted by molar-refractivity contribution is -0.148. The molecule has 0 bridgehead atoms. The molecule has 1 rings (SSSR count). The van der Waals surface area contributed by atoms with Crippen LogP contribution >= 0.6 is 0 Å². The molecular weight excluding hydrogens is 232 g/mol. The molecule has 4 amide bonds. The van der Waals surface area contributed by atoms with Crippen LogP contribution in [-0.4, -0.2) is 29.8 Å². The largest absolute Gasteiger partial charge is 0.330 e. The lowest BCUT2D eigenvalue weighted by Crippen LogP contribution is -2.63. The number of carbonyl (C=O) groups excluding carboxylic acids is 3. The summed E-state index contributed by atoms with van der Waals surface area (Å²) in [4.78, 5) is 37.1. The van der Waals surface area contributed by atoms with Crippen LogP contribution in [0.3, 0.4) is 0 Å². The van der Waals surface area contributed by atoms with Crippen LogP contribution in [-0.2, 0) is 9.59 Å². The second-order valence-electron chi connectivity index (χ2n) is 4.45. The van der Waals surface area contributed by atoms with E-state index in [1.165, 1.54) is 7.05 Å². The van der Waals surface area contributed by atoms with E-state index >= 15 is 0 Å². The topological polar surface area (TPSA) is 66.5 Å². The number of allylic oxidation sites excluding steroid dienone is 1. The molecule has 1 fully saturated rings. The number of imide groups is 2. The van der Waals surface area contributed by atoms with E-state index < -0.39 is 23.3 Å². The van der Waals surface area contributed by atoms with Crippen molar-refractivity contribution in [2.24, 2.45) is 5.41 Å². The summed E-state index contributed by atoms with van der Waals surface area (Å²) in [6.07, 6.45) is 3.52. The van der Waals surface area contributed by atoms with Gasteiger partial charge in [-0.3, -0.25) is 19.8 Å². The molecule has 1 aliphatic rings. The van der Waals surface area contributed by atoms with E-state index in [1.807, 2.05) is 20.8 Å². The van der Waals surface area contributed by atoms with Crippen LogP contribution < -0.4 is 5.32 Å². The van der Waals surface area contributed by atoms with Gasteiger partial charge in [-0.2, -0.15) is 0 Å². The van der Waals surface area contributed by atoms with Gasteiger partial charge in [0, 0.05) is 7.05 Å². The maximum absolute atomic E-state index is 12.4. The second-order valence-corrected chi connectivity index (χ2v) is 4.45. The molecular formula is C13H20N2O3. The van der Waals surface area contributed by atoms with Gasteiger partial charge >= 0.3 is 6.03 Å². The quantitative estimate of drug-likeness (QED) is 0.613. The SMILES string of the molecule is C/C=C(/CC)[C@@]1(CCC)C(=O)NC(=O)N(C)C1=O. The molecule has 1 atom stereocenters. The van der Waals surface area contributed by atoms with Crippen molar-refractivity contribution in [3.05, 3.63) is 11.6 Å². The highest BCUT2D eigenvalue weighted by Crippen LogP contribution is 2.39. The summed E-state index contributed by atoms with van der Waals surface area (Å²) < 4.78 is 0. The van der Waals surface area contributed by atoms with Crippen molar-refractivity contribution in [1.82, 2.24) is 10.2 Å². The van der Waals surface area contributed by atoms with Gasteiger partial charge in [0.25, 0.3) is 0 Å². The van der Waals surface area contributed by atoms with Gasteiger partial charge in [0.2, 0.25) is 11.8 Å². The monoisotopic (exact) mass is 252 g/mol. The Morgan fingerprint density at radius 1 is 1.33 bits per heavy atom. The van der Waals surface area contributed by atoms with Gasteiger partial charge in [0.1, 0.15) is 5.41 Å². The molecule has 5 heteroatoms. The highest BCUT2D eigenvalue weighted by molar-refractivity contribution is 6.20. The average molecular weight is 252 g/mol. The van der Waals surface area contributed by atoms with E-state index in [0.29, 0.717) is 19.3 Å². The predicted octanol–water partition coefficient (Wildman–Crippen LogP) is 1.84. The Labute approximate surface area is 107 Å². The molecule has 0 aromatic heterocycles. The number of nitrogens with one attached hydrogen (secondary N) is 1. The fraction of sp³-hybridized carbons (Fsp3) is 0.615. The molecule has 0 aromatic carbocycles. The summed E-state index contributed by atoms with van der Waals surface area (Å²) in [5.41, 5.74) is -0.438. The first kappa shape index (κ1) is 14.4. The van der Waals surface area contributed by atoms with Crippen LogP contribution in [0.4, 0.5) is 4.79 Å². The zero-order valence-electron chi connectivity index (χ0n) is 11.4. The molecule has 0 aromatic rings. The Morgan fingerprint density at radius 3 is 2.39 bits per heavy atom. The molecule has 18 heavy (non-hydrogen) atoms. The molecule has 1 heterocycles. The maximum atomic E-state index is 12.4. The summed E-state index contributed by atoms with van der Waals surface area (Å²) in [5.74, 6) is -0.916. The molecule has 0 aliphatic carbocycles. The van der Waals surface area contributed by atoms with Crippen molar-refractivity contribution in [2.45, 2.75) is 40.0 Å². The minimum Gasteiger partial charge on any atom is -0.276 e. The number of hydrogen-bond acceptors (Lipinski definition) is 3. The van der Waals surface area contributed by atoms with Gasteiger partial charge in [-0.25, -0.2) is 4.79 Å². The Hall–Kier alpha value is -1.65.